The molecule has 0 aliphatic carbocycles. The van der Waals surface area contributed by atoms with Crippen molar-refractivity contribution in [3.05, 3.63) is 60.2 Å². The number of hydrogen-bond donors (Lipinski definition) is 0. The van der Waals surface area contributed by atoms with Gasteiger partial charge in [0.1, 0.15) is 5.75 Å². The summed E-state index contributed by atoms with van der Waals surface area (Å²) < 4.78 is 30.0. The van der Waals surface area contributed by atoms with Crippen LogP contribution in [-0.2, 0) is 21.1 Å². The molecule has 6 nitrogen and oxygen atoms in total. The molecule has 28 heavy (non-hydrogen) atoms. The highest BCUT2D eigenvalue weighted by atomic mass is 32.2. The third kappa shape index (κ3) is 3.77. The van der Waals surface area contributed by atoms with E-state index < -0.39 is 9.84 Å². The van der Waals surface area contributed by atoms with Gasteiger partial charge in [-0.15, -0.1) is 0 Å². The average Bonchev–Trinajstić information content (AvgIpc) is 3.02. The zero-order valence-electron chi connectivity index (χ0n) is 15.8. The zero-order valence-corrected chi connectivity index (χ0v) is 16.6. The van der Waals surface area contributed by atoms with Gasteiger partial charge in [0.25, 0.3) is 0 Å². The molecule has 0 aromatic heterocycles. The van der Waals surface area contributed by atoms with Gasteiger partial charge in [-0.05, 0) is 36.2 Å². The molecule has 0 bridgehead atoms. The van der Waals surface area contributed by atoms with Crippen LogP contribution in [0.2, 0.25) is 0 Å². The van der Waals surface area contributed by atoms with Gasteiger partial charge in [-0.25, -0.2) is 8.42 Å². The Bertz CT molecular complexity index is 944. The molecule has 0 N–H and O–H groups in total. The van der Waals surface area contributed by atoms with Crippen molar-refractivity contribution in [3.63, 3.8) is 0 Å². The van der Waals surface area contributed by atoms with Gasteiger partial charge in [0.2, 0.25) is 5.91 Å². The molecule has 2 heterocycles. The Morgan fingerprint density at radius 3 is 2.36 bits per heavy atom. The largest absolute Gasteiger partial charge is 0.497 e. The first-order valence-electron chi connectivity index (χ1n) is 9.41. The highest BCUT2D eigenvalue weighted by molar-refractivity contribution is 7.91. The minimum Gasteiger partial charge on any atom is -0.497 e. The number of carbonyl (C=O) groups is 1. The summed E-state index contributed by atoms with van der Waals surface area (Å²) in [6.45, 7) is 0.901. The first-order valence-corrected chi connectivity index (χ1v) is 11.2. The van der Waals surface area contributed by atoms with Crippen molar-refractivity contribution >= 4 is 21.4 Å². The first kappa shape index (κ1) is 19.0. The molecular formula is C21H24N2O4S. The van der Waals surface area contributed by atoms with E-state index >= 15 is 0 Å². The van der Waals surface area contributed by atoms with Crippen molar-refractivity contribution in [2.75, 3.05) is 36.6 Å². The molecular weight excluding hydrogens is 376 g/mol. The average molecular weight is 401 g/mol. The molecule has 2 aliphatic rings. The summed E-state index contributed by atoms with van der Waals surface area (Å²) in [7, 11) is -1.59. The number of carbonyl (C=O) groups excluding carboxylic acids is 1. The van der Waals surface area contributed by atoms with E-state index in [1.807, 2.05) is 35.2 Å². The molecule has 148 valence electrons. The van der Waals surface area contributed by atoms with E-state index in [2.05, 4.69) is 12.1 Å². The van der Waals surface area contributed by atoms with E-state index in [4.69, 9.17) is 4.74 Å². The maximum atomic E-state index is 13.0. The highest BCUT2D eigenvalue weighted by Crippen LogP contribution is 2.32. The molecule has 2 aliphatic heterocycles. The van der Waals surface area contributed by atoms with Gasteiger partial charge < -0.3 is 9.64 Å². The second-order valence-electron chi connectivity index (χ2n) is 7.38. The Hall–Kier alpha value is -2.38. The predicted octanol–water partition coefficient (Wildman–Crippen LogP) is 1.75. The van der Waals surface area contributed by atoms with E-state index in [1.54, 1.807) is 24.1 Å². The smallest absolute Gasteiger partial charge is 0.241 e. The second-order valence-corrected chi connectivity index (χ2v) is 9.53. The number of amides is 1. The summed E-state index contributed by atoms with van der Waals surface area (Å²) in [4.78, 5) is 16.7. The fourth-order valence-corrected chi connectivity index (χ4v) is 6.18. The molecule has 7 heteroatoms. The summed E-state index contributed by atoms with van der Waals surface area (Å²) in [5.41, 5.74) is 1.91. The van der Waals surface area contributed by atoms with E-state index in [1.165, 1.54) is 5.56 Å². The third-order valence-corrected chi connectivity index (χ3v) is 7.28. The highest BCUT2D eigenvalue weighted by Gasteiger charge is 2.49. The van der Waals surface area contributed by atoms with Crippen LogP contribution in [0.25, 0.3) is 0 Å². The summed E-state index contributed by atoms with van der Waals surface area (Å²) in [6, 6.07) is 16.8. The van der Waals surface area contributed by atoms with Crippen LogP contribution in [0.15, 0.2) is 54.6 Å². The molecule has 2 saturated heterocycles. The summed E-state index contributed by atoms with van der Waals surface area (Å²) >= 11 is 0. The number of anilines is 1. The van der Waals surface area contributed by atoms with Crippen molar-refractivity contribution in [1.82, 2.24) is 4.90 Å². The van der Waals surface area contributed by atoms with Crippen LogP contribution in [0.3, 0.4) is 0 Å². The molecule has 2 aromatic rings. The summed E-state index contributed by atoms with van der Waals surface area (Å²) in [5.74, 6) is 0.758. The molecule has 2 atom stereocenters. The number of piperazine rings is 1. The normalized spacial score (nSPS) is 24.2. The van der Waals surface area contributed by atoms with E-state index in [0.29, 0.717) is 12.3 Å². The minimum absolute atomic E-state index is 0.0112. The van der Waals surface area contributed by atoms with Gasteiger partial charge in [-0.2, -0.15) is 0 Å². The Labute approximate surface area is 165 Å². The summed E-state index contributed by atoms with van der Waals surface area (Å²) in [6.07, 6.45) is 0.792. The van der Waals surface area contributed by atoms with Gasteiger partial charge >= 0.3 is 0 Å². The molecule has 4 rings (SSSR count). The van der Waals surface area contributed by atoms with Gasteiger partial charge in [-0.1, -0.05) is 30.3 Å². The zero-order chi connectivity index (χ0) is 19.7. The number of nitrogens with zero attached hydrogens (tertiary/aromatic N) is 2. The Morgan fingerprint density at radius 2 is 1.68 bits per heavy atom. The first-order chi connectivity index (χ1) is 13.5. The Kier molecular flexibility index (Phi) is 5.12. The molecule has 0 unspecified atom stereocenters. The van der Waals surface area contributed by atoms with E-state index in [9.17, 15) is 13.2 Å². The van der Waals surface area contributed by atoms with Crippen LogP contribution in [0.4, 0.5) is 5.69 Å². The topological polar surface area (TPSA) is 66.9 Å². The number of fused-ring (bicyclic) bond motifs is 1. The van der Waals surface area contributed by atoms with Gasteiger partial charge in [0, 0.05) is 18.3 Å². The quantitative estimate of drug-likeness (QED) is 0.765. The summed E-state index contributed by atoms with van der Waals surface area (Å²) in [5, 5.41) is 0. The predicted molar refractivity (Wildman–Crippen MR) is 108 cm³/mol. The van der Waals surface area contributed by atoms with Crippen LogP contribution in [-0.4, -0.2) is 63.0 Å². The third-order valence-electron chi connectivity index (χ3n) is 5.58. The fourth-order valence-electron chi connectivity index (χ4n) is 4.20. The van der Waals surface area contributed by atoms with Crippen molar-refractivity contribution in [2.45, 2.75) is 18.5 Å². The van der Waals surface area contributed by atoms with Crippen LogP contribution in [0, 0.1) is 0 Å². The van der Waals surface area contributed by atoms with Crippen LogP contribution < -0.4 is 9.64 Å². The lowest BCUT2D eigenvalue weighted by Gasteiger charge is -2.43. The lowest BCUT2D eigenvalue weighted by molar-refractivity contribution is -0.123. The fraction of sp³-hybridized carbons (Fsp3) is 0.381. The standard InChI is InChI=1S/C21H24N2O4S/c1-27-18-9-7-17(8-10-18)23-20-15-28(25,26)14-19(20)22(13-21(23)24)12-11-16-5-3-2-4-6-16/h2-10,19-20H,11-15H2,1H3/t19-,20-/m1/s1. The maximum Gasteiger partial charge on any atom is 0.241 e. The van der Waals surface area contributed by atoms with Crippen LogP contribution in [0.5, 0.6) is 5.75 Å². The molecule has 0 spiro atoms. The lowest BCUT2D eigenvalue weighted by atomic mass is 10.0. The number of rotatable bonds is 5. The molecule has 1 amide bonds. The lowest BCUT2D eigenvalue weighted by Crippen LogP contribution is -2.62. The van der Waals surface area contributed by atoms with Gasteiger partial charge in [-0.3, -0.25) is 9.69 Å². The van der Waals surface area contributed by atoms with Gasteiger partial charge in [0.05, 0.1) is 31.2 Å². The van der Waals surface area contributed by atoms with Crippen molar-refractivity contribution in [1.29, 1.82) is 0 Å². The molecule has 0 saturated carbocycles. The van der Waals surface area contributed by atoms with Crippen molar-refractivity contribution < 1.29 is 17.9 Å². The number of benzene rings is 2. The Morgan fingerprint density at radius 1 is 1.00 bits per heavy atom. The number of methoxy groups -OCH3 is 1. The van der Waals surface area contributed by atoms with Crippen molar-refractivity contribution in [2.24, 2.45) is 0 Å². The second kappa shape index (κ2) is 7.56. The molecule has 0 radical (unpaired) electrons. The van der Waals surface area contributed by atoms with Crippen LogP contribution in [0.1, 0.15) is 5.56 Å². The minimum atomic E-state index is -3.18. The molecule has 2 aromatic carbocycles. The maximum absolute atomic E-state index is 13.0. The van der Waals surface area contributed by atoms with E-state index in [-0.39, 0.29) is 36.0 Å². The molecule has 2 fully saturated rings. The van der Waals surface area contributed by atoms with Gasteiger partial charge in [0.15, 0.2) is 9.84 Å². The SMILES string of the molecule is COc1ccc(N2C(=O)CN(CCc3ccccc3)[C@@H]3CS(=O)(=O)C[C@H]32)cc1. The van der Waals surface area contributed by atoms with E-state index in [0.717, 1.165) is 12.1 Å². The number of ether oxygens (including phenoxy) is 1. The van der Waals surface area contributed by atoms with Crippen LogP contribution >= 0.6 is 0 Å². The number of hydrogen-bond acceptors (Lipinski definition) is 5. The Balaban J connectivity index is 1.58. The number of sulfone groups is 1. The monoisotopic (exact) mass is 400 g/mol. The van der Waals surface area contributed by atoms with Crippen molar-refractivity contribution in [3.8, 4) is 5.75 Å².